The highest BCUT2D eigenvalue weighted by molar-refractivity contribution is 6.36. The molecule has 39 heavy (non-hydrogen) atoms. The van der Waals surface area contributed by atoms with Gasteiger partial charge in [-0.05, 0) is 25.1 Å². The number of nitrogen functional groups attached to an aromatic ring is 1. The number of nitrogens with one attached hydrogen (secondary N) is 1. The molecule has 1 aromatic carbocycles. The predicted octanol–water partition coefficient (Wildman–Crippen LogP) is 2.78. The van der Waals surface area contributed by atoms with E-state index in [4.69, 9.17) is 26.6 Å². The standard InChI is InChI=1S/C23H19ClF3N7O5/c1-22(37,21(36)30-11-8-13(24)17-14(9-11)39-32-19(17)28)18-20(35)33(6-7-38-18)16-3-5-34(31-16)12-2-4-29-15(10-12)23(25,26)27/h2-5,8-10,18,37H,6-7H2,1H3,(H2,28,32)(H,30,36). The maximum absolute atomic E-state index is 13.3. The van der Waals surface area contributed by atoms with Gasteiger partial charge >= 0.3 is 6.18 Å². The van der Waals surface area contributed by atoms with Crippen LogP contribution in [0.1, 0.15) is 12.6 Å². The number of fused-ring (bicyclic) bond motifs is 1. The van der Waals surface area contributed by atoms with Gasteiger partial charge in [-0.2, -0.15) is 13.2 Å². The van der Waals surface area contributed by atoms with Crippen molar-refractivity contribution in [1.82, 2.24) is 19.9 Å². The Kier molecular flexibility index (Phi) is 6.44. The highest BCUT2D eigenvalue weighted by atomic mass is 35.5. The van der Waals surface area contributed by atoms with E-state index in [1.165, 1.54) is 35.4 Å². The van der Waals surface area contributed by atoms with E-state index < -0.39 is 35.4 Å². The molecule has 1 saturated heterocycles. The van der Waals surface area contributed by atoms with Gasteiger partial charge in [-0.25, -0.2) is 4.68 Å². The maximum Gasteiger partial charge on any atom is 0.433 e. The summed E-state index contributed by atoms with van der Waals surface area (Å²) in [7, 11) is 0. The normalized spacial score (nSPS) is 17.8. The van der Waals surface area contributed by atoms with Gasteiger partial charge in [-0.15, -0.1) is 5.10 Å². The molecule has 12 nitrogen and oxygen atoms in total. The third kappa shape index (κ3) is 4.86. The minimum atomic E-state index is -4.65. The summed E-state index contributed by atoms with van der Waals surface area (Å²) in [6.45, 7) is 1.07. The SMILES string of the molecule is CC(O)(C(=O)Nc1cc(Cl)c2c(N)noc2c1)C1OCCN(c2ccn(-c3ccnc(C(F)(F)F)c3)n2)C1=O. The molecule has 0 radical (unpaired) electrons. The fourth-order valence-electron chi connectivity index (χ4n) is 4.03. The molecular weight excluding hydrogens is 547 g/mol. The van der Waals surface area contributed by atoms with Crippen molar-refractivity contribution in [2.45, 2.75) is 24.8 Å². The molecule has 2 amide bonds. The molecule has 2 atom stereocenters. The van der Waals surface area contributed by atoms with Crippen LogP contribution >= 0.6 is 11.6 Å². The first kappa shape index (κ1) is 26.4. The summed E-state index contributed by atoms with van der Waals surface area (Å²) in [5.41, 5.74) is 2.64. The van der Waals surface area contributed by atoms with E-state index in [0.717, 1.165) is 23.9 Å². The number of morpholine rings is 1. The van der Waals surface area contributed by atoms with Crippen LogP contribution < -0.4 is 16.0 Å². The number of carbonyl (C=O) groups is 2. The topological polar surface area (TPSA) is 162 Å². The first-order chi connectivity index (χ1) is 18.4. The Hall–Kier alpha value is -4.21. The summed E-state index contributed by atoms with van der Waals surface area (Å²) in [6, 6.07) is 6.30. The molecule has 4 N–H and O–H groups in total. The molecular formula is C23H19ClF3N7O5. The number of benzene rings is 1. The van der Waals surface area contributed by atoms with Crippen LogP contribution in [-0.2, 0) is 20.5 Å². The van der Waals surface area contributed by atoms with Gasteiger partial charge in [0.2, 0.25) is 0 Å². The Bertz CT molecular complexity index is 1590. The number of ether oxygens (including phenoxy) is 1. The predicted molar refractivity (Wildman–Crippen MR) is 131 cm³/mol. The zero-order valence-corrected chi connectivity index (χ0v) is 20.7. The quantitative estimate of drug-likeness (QED) is 0.330. The second kappa shape index (κ2) is 9.52. The fraction of sp³-hybridized carbons (Fsp3) is 0.261. The third-order valence-electron chi connectivity index (χ3n) is 6.02. The van der Waals surface area contributed by atoms with E-state index in [-0.39, 0.29) is 46.8 Å². The lowest BCUT2D eigenvalue weighted by Crippen LogP contribution is -2.61. The van der Waals surface area contributed by atoms with E-state index in [1.54, 1.807) is 0 Å². The summed E-state index contributed by atoms with van der Waals surface area (Å²) >= 11 is 6.20. The molecule has 0 spiro atoms. The average molecular weight is 566 g/mol. The van der Waals surface area contributed by atoms with E-state index in [9.17, 15) is 27.9 Å². The number of alkyl halides is 3. The summed E-state index contributed by atoms with van der Waals surface area (Å²) in [5.74, 6) is -1.62. The fourth-order valence-corrected chi connectivity index (χ4v) is 4.34. The lowest BCUT2D eigenvalue weighted by Gasteiger charge is -2.37. The lowest BCUT2D eigenvalue weighted by atomic mass is 9.95. The van der Waals surface area contributed by atoms with Crippen molar-refractivity contribution >= 4 is 51.7 Å². The monoisotopic (exact) mass is 565 g/mol. The van der Waals surface area contributed by atoms with Crippen molar-refractivity contribution in [3.63, 3.8) is 0 Å². The molecule has 1 fully saturated rings. The van der Waals surface area contributed by atoms with Gasteiger partial charge in [-0.3, -0.25) is 19.5 Å². The number of anilines is 3. The minimum Gasteiger partial charge on any atom is -0.380 e. The molecule has 2 unspecified atom stereocenters. The summed E-state index contributed by atoms with van der Waals surface area (Å²) < 4.78 is 50.8. The number of nitrogens with two attached hydrogens (primary N) is 1. The molecule has 4 aromatic rings. The van der Waals surface area contributed by atoms with Crippen LogP contribution in [-0.4, -0.2) is 61.7 Å². The van der Waals surface area contributed by atoms with Gasteiger partial charge in [0.15, 0.2) is 28.9 Å². The number of pyridine rings is 1. The summed E-state index contributed by atoms with van der Waals surface area (Å²) in [6.07, 6.45) is -3.92. The minimum absolute atomic E-state index is 0.0212. The molecule has 4 heterocycles. The van der Waals surface area contributed by atoms with Crippen LogP contribution in [0.3, 0.4) is 0 Å². The first-order valence-corrected chi connectivity index (χ1v) is 11.6. The van der Waals surface area contributed by atoms with E-state index in [1.807, 2.05) is 0 Å². The number of aromatic nitrogens is 4. The molecule has 1 aliphatic heterocycles. The lowest BCUT2D eigenvalue weighted by molar-refractivity contribution is -0.165. The Morgan fingerprint density at radius 1 is 1.28 bits per heavy atom. The van der Waals surface area contributed by atoms with Crippen molar-refractivity contribution in [1.29, 1.82) is 0 Å². The van der Waals surface area contributed by atoms with Gasteiger partial charge in [-0.1, -0.05) is 16.8 Å². The van der Waals surface area contributed by atoms with Gasteiger partial charge in [0.25, 0.3) is 11.8 Å². The number of rotatable bonds is 5. The number of nitrogens with zero attached hydrogens (tertiary/aromatic N) is 5. The number of aliphatic hydroxyl groups is 1. The van der Waals surface area contributed by atoms with Gasteiger partial charge in [0.05, 0.1) is 29.2 Å². The number of carbonyl (C=O) groups excluding carboxylic acids is 2. The molecule has 0 bridgehead atoms. The summed E-state index contributed by atoms with van der Waals surface area (Å²) in [4.78, 5) is 30.8. The molecule has 0 saturated carbocycles. The van der Waals surface area contributed by atoms with Crippen LogP contribution in [0.25, 0.3) is 16.7 Å². The van der Waals surface area contributed by atoms with Crippen LogP contribution in [0.5, 0.6) is 0 Å². The molecule has 0 aliphatic carbocycles. The average Bonchev–Trinajstić information content (AvgIpc) is 3.51. The summed E-state index contributed by atoms with van der Waals surface area (Å²) in [5, 5.41) is 21.8. The maximum atomic E-state index is 13.3. The van der Waals surface area contributed by atoms with Crippen LogP contribution in [0.4, 0.5) is 30.5 Å². The second-order valence-corrected chi connectivity index (χ2v) is 9.16. The van der Waals surface area contributed by atoms with Crippen molar-refractivity contribution in [2.24, 2.45) is 0 Å². The Morgan fingerprint density at radius 2 is 2.05 bits per heavy atom. The zero-order valence-electron chi connectivity index (χ0n) is 19.9. The smallest absolute Gasteiger partial charge is 0.380 e. The Labute approximate surface area is 222 Å². The van der Waals surface area contributed by atoms with Gasteiger partial charge < -0.3 is 25.4 Å². The van der Waals surface area contributed by atoms with E-state index in [2.05, 4.69) is 20.6 Å². The molecule has 3 aromatic heterocycles. The van der Waals surface area contributed by atoms with Crippen LogP contribution in [0.15, 0.2) is 47.2 Å². The second-order valence-electron chi connectivity index (χ2n) is 8.76. The molecule has 16 heteroatoms. The third-order valence-corrected chi connectivity index (χ3v) is 6.32. The Morgan fingerprint density at radius 3 is 2.79 bits per heavy atom. The number of halogens is 4. The van der Waals surface area contributed by atoms with Crippen molar-refractivity contribution in [3.8, 4) is 5.69 Å². The highest BCUT2D eigenvalue weighted by Crippen LogP contribution is 2.33. The number of hydrogen-bond acceptors (Lipinski definition) is 9. The number of amides is 2. The van der Waals surface area contributed by atoms with Crippen molar-refractivity contribution in [2.75, 3.05) is 29.1 Å². The van der Waals surface area contributed by atoms with Crippen molar-refractivity contribution < 1.29 is 37.1 Å². The molecule has 5 rings (SSSR count). The zero-order chi connectivity index (χ0) is 28.1. The van der Waals surface area contributed by atoms with E-state index >= 15 is 0 Å². The van der Waals surface area contributed by atoms with E-state index in [0.29, 0.717) is 5.39 Å². The van der Waals surface area contributed by atoms with Crippen molar-refractivity contribution in [3.05, 3.63) is 53.4 Å². The highest BCUT2D eigenvalue weighted by Gasteiger charge is 2.49. The van der Waals surface area contributed by atoms with Gasteiger partial charge in [0.1, 0.15) is 5.69 Å². The van der Waals surface area contributed by atoms with Crippen LogP contribution in [0.2, 0.25) is 5.02 Å². The van der Waals surface area contributed by atoms with Gasteiger partial charge in [0, 0.05) is 30.2 Å². The first-order valence-electron chi connectivity index (χ1n) is 11.3. The number of hydrogen-bond donors (Lipinski definition) is 3. The molecule has 204 valence electrons. The largest absolute Gasteiger partial charge is 0.433 e. The molecule has 1 aliphatic rings. The Balaban J connectivity index is 1.35. The van der Waals surface area contributed by atoms with Crippen LogP contribution in [0, 0.1) is 0 Å².